The second-order valence-electron chi connectivity index (χ2n) is 5.04. The molecule has 94 valence electrons. The van der Waals surface area contributed by atoms with Crippen LogP contribution in [0.5, 0.6) is 0 Å². The zero-order valence-corrected chi connectivity index (χ0v) is 11.7. The molecule has 0 aromatic heterocycles. The third kappa shape index (κ3) is 4.38. The van der Waals surface area contributed by atoms with Gasteiger partial charge in [0, 0.05) is 0 Å². The van der Waals surface area contributed by atoms with E-state index >= 15 is 0 Å². The number of allylic oxidation sites excluding steroid dienone is 2. The molecule has 1 unspecified atom stereocenters. The molecule has 0 heterocycles. The van der Waals surface area contributed by atoms with Gasteiger partial charge in [0.05, 0.1) is 0 Å². The van der Waals surface area contributed by atoms with Gasteiger partial charge in [0.15, 0.2) is 0 Å². The van der Waals surface area contributed by atoms with Crippen molar-refractivity contribution in [2.45, 2.75) is 58.8 Å². The maximum atomic E-state index is 2.32. The van der Waals surface area contributed by atoms with Gasteiger partial charge in [-0.15, -0.1) is 0 Å². The molecule has 0 aliphatic rings. The molecule has 1 atom stereocenters. The maximum Gasteiger partial charge on any atom is -0.0130 e. The van der Waals surface area contributed by atoms with Crippen LogP contribution in [0.1, 0.15) is 69.9 Å². The first kappa shape index (κ1) is 14.0. The first-order valence-electron chi connectivity index (χ1n) is 6.93. The van der Waals surface area contributed by atoms with E-state index in [4.69, 9.17) is 0 Å². The predicted octanol–water partition coefficient (Wildman–Crippen LogP) is 5.66. The summed E-state index contributed by atoms with van der Waals surface area (Å²) in [6.45, 7) is 8.96. The Hall–Kier alpha value is -1.04. The van der Waals surface area contributed by atoms with E-state index in [1.165, 1.54) is 24.0 Å². The Balaban J connectivity index is 2.71. The summed E-state index contributed by atoms with van der Waals surface area (Å²) < 4.78 is 0. The van der Waals surface area contributed by atoms with E-state index in [-0.39, 0.29) is 0 Å². The lowest BCUT2D eigenvalue weighted by atomic mass is 9.91. The quantitative estimate of drug-likeness (QED) is 0.553. The third-order valence-electron chi connectivity index (χ3n) is 3.39. The van der Waals surface area contributed by atoms with Crippen LogP contribution in [-0.4, -0.2) is 0 Å². The van der Waals surface area contributed by atoms with Gasteiger partial charge in [-0.3, -0.25) is 0 Å². The van der Waals surface area contributed by atoms with Crippen molar-refractivity contribution in [2.75, 3.05) is 0 Å². The Morgan fingerprint density at radius 3 is 2.00 bits per heavy atom. The lowest BCUT2D eigenvalue weighted by Gasteiger charge is -2.14. The van der Waals surface area contributed by atoms with Gasteiger partial charge in [-0.2, -0.15) is 0 Å². The van der Waals surface area contributed by atoms with Gasteiger partial charge < -0.3 is 0 Å². The van der Waals surface area contributed by atoms with Gasteiger partial charge in [0.1, 0.15) is 0 Å². The van der Waals surface area contributed by atoms with Crippen molar-refractivity contribution in [2.24, 2.45) is 0 Å². The number of hydrogen-bond donors (Lipinski definition) is 0. The Kier molecular flexibility index (Phi) is 6.04. The molecule has 0 saturated carbocycles. The van der Waals surface area contributed by atoms with Crippen molar-refractivity contribution < 1.29 is 0 Å². The van der Waals surface area contributed by atoms with E-state index in [1.807, 2.05) is 0 Å². The minimum absolute atomic E-state index is 0.629. The van der Waals surface area contributed by atoms with Crippen LogP contribution in [0.3, 0.4) is 0 Å². The van der Waals surface area contributed by atoms with E-state index in [0.29, 0.717) is 11.8 Å². The highest BCUT2D eigenvalue weighted by Gasteiger charge is 2.07. The normalized spacial score (nSPS) is 13.5. The fourth-order valence-corrected chi connectivity index (χ4v) is 2.12. The number of hydrogen-bond acceptors (Lipinski definition) is 0. The van der Waals surface area contributed by atoms with E-state index in [1.54, 1.807) is 0 Å². The zero-order valence-electron chi connectivity index (χ0n) is 11.7. The molecule has 0 spiro atoms. The second-order valence-corrected chi connectivity index (χ2v) is 5.04. The van der Waals surface area contributed by atoms with E-state index < -0.39 is 0 Å². The van der Waals surface area contributed by atoms with E-state index in [9.17, 15) is 0 Å². The van der Waals surface area contributed by atoms with Crippen LogP contribution in [-0.2, 0) is 0 Å². The Morgan fingerprint density at radius 1 is 0.941 bits per heavy atom. The minimum Gasteiger partial charge on any atom is -0.0888 e. The van der Waals surface area contributed by atoms with Crippen LogP contribution in [0.15, 0.2) is 36.4 Å². The molecule has 1 rings (SSSR count). The largest absolute Gasteiger partial charge is 0.0888 e. The second kappa shape index (κ2) is 7.32. The molecule has 0 bridgehead atoms. The molecule has 17 heavy (non-hydrogen) atoms. The SMILES string of the molecule is CC/C=C\CC(CC)c1ccc(C(C)C)cc1. The first-order chi connectivity index (χ1) is 8.19. The molecule has 0 aliphatic heterocycles. The standard InChI is InChI=1S/C17H26/c1-5-7-8-9-15(6-2)17-12-10-16(11-13-17)14(3)4/h7-8,10-15H,5-6,9H2,1-4H3/b8-7-. The van der Waals surface area contributed by atoms with Crippen molar-refractivity contribution in [3.63, 3.8) is 0 Å². The lowest BCUT2D eigenvalue weighted by molar-refractivity contribution is 0.672. The van der Waals surface area contributed by atoms with Crippen LogP contribution in [0.4, 0.5) is 0 Å². The number of rotatable bonds is 6. The highest BCUT2D eigenvalue weighted by atomic mass is 14.1. The fraction of sp³-hybridized carbons (Fsp3) is 0.529. The van der Waals surface area contributed by atoms with Gasteiger partial charge in [-0.25, -0.2) is 0 Å². The van der Waals surface area contributed by atoms with Crippen molar-refractivity contribution >= 4 is 0 Å². The van der Waals surface area contributed by atoms with Crippen molar-refractivity contribution in [3.05, 3.63) is 47.5 Å². The summed E-state index contributed by atoms with van der Waals surface area (Å²) in [6.07, 6.45) is 8.12. The van der Waals surface area contributed by atoms with Gasteiger partial charge in [0.2, 0.25) is 0 Å². The van der Waals surface area contributed by atoms with Crippen molar-refractivity contribution in [1.29, 1.82) is 0 Å². The summed E-state index contributed by atoms with van der Waals surface area (Å²) >= 11 is 0. The molecule has 0 N–H and O–H groups in total. The summed E-state index contributed by atoms with van der Waals surface area (Å²) in [4.78, 5) is 0. The Bertz CT molecular complexity index is 330. The van der Waals surface area contributed by atoms with Crippen LogP contribution >= 0.6 is 0 Å². The topological polar surface area (TPSA) is 0 Å². The maximum absolute atomic E-state index is 2.32. The monoisotopic (exact) mass is 230 g/mol. The average molecular weight is 230 g/mol. The Morgan fingerprint density at radius 2 is 1.53 bits per heavy atom. The van der Waals surface area contributed by atoms with E-state index in [0.717, 1.165) is 6.42 Å². The fourth-order valence-electron chi connectivity index (χ4n) is 2.12. The van der Waals surface area contributed by atoms with E-state index in [2.05, 4.69) is 64.1 Å². The molecular weight excluding hydrogens is 204 g/mol. The van der Waals surface area contributed by atoms with Crippen LogP contribution < -0.4 is 0 Å². The number of benzene rings is 1. The first-order valence-corrected chi connectivity index (χ1v) is 6.93. The molecule has 0 amide bonds. The average Bonchev–Trinajstić information content (AvgIpc) is 2.35. The highest BCUT2D eigenvalue weighted by molar-refractivity contribution is 5.27. The highest BCUT2D eigenvalue weighted by Crippen LogP contribution is 2.25. The van der Waals surface area contributed by atoms with Gasteiger partial charge >= 0.3 is 0 Å². The molecular formula is C17H26. The van der Waals surface area contributed by atoms with Crippen molar-refractivity contribution in [3.8, 4) is 0 Å². The summed E-state index contributed by atoms with van der Waals surface area (Å²) in [5.41, 5.74) is 2.92. The molecule has 0 heteroatoms. The molecule has 0 nitrogen and oxygen atoms in total. The third-order valence-corrected chi connectivity index (χ3v) is 3.39. The predicted molar refractivity (Wildman–Crippen MR) is 77.6 cm³/mol. The molecule has 1 aromatic carbocycles. The summed E-state index contributed by atoms with van der Waals surface area (Å²) in [5.74, 6) is 1.31. The lowest BCUT2D eigenvalue weighted by Crippen LogP contribution is -1.97. The molecule has 0 saturated heterocycles. The summed E-state index contributed by atoms with van der Waals surface area (Å²) in [6, 6.07) is 9.19. The smallest absolute Gasteiger partial charge is 0.0130 e. The van der Waals surface area contributed by atoms with Crippen molar-refractivity contribution in [1.82, 2.24) is 0 Å². The van der Waals surface area contributed by atoms with Crippen LogP contribution in [0, 0.1) is 0 Å². The minimum atomic E-state index is 0.629. The van der Waals surface area contributed by atoms with Gasteiger partial charge in [-0.05, 0) is 42.2 Å². The summed E-state index contributed by atoms with van der Waals surface area (Å²) in [5, 5.41) is 0. The van der Waals surface area contributed by atoms with Crippen LogP contribution in [0.25, 0.3) is 0 Å². The molecule has 0 radical (unpaired) electrons. The molecule has 1 aromatic rings. The molecule has 0 aliphatic carbocycles. The summed E-state index contributed by atoms with van der Waals surface area (Å²) in [7, 11) is 0. The molecule has 0 fully saturated rings. The van der Waals surface area contributed by atoms with Gasteiger partial charge in [-0.1, -0.05) is 64.1 Å². The zero-order chi connectivity index (χ0) is 12.7. The van der Waals surface area contributed by atoms with Gasteiger partial charge in [0.25, 0.3) is 0 Å². The van der Waals surface area contributed by atoms with Crippen LogP contribution in [0.2, 0.25) is 0 Å². The Labute approximate surface area is 107 Å².